The Kier molecular flexibility index (Phi) is 5.55. The van der Waals surface area contributed by atoms with Gasteiger partial charge in [-0.05, 0) is 49.8 Å². The van der Waals surface area contributed by atoms with E-state index in [1.807, 2.05) is 18.2 Å². The van der Waals surface area contributed by atoms with E-state index in [1.165, 1.54) is 5.56 Å². The van der Waals surface area contributed by atoms with Crippen LogP contribution < -0.4 is 10.9 Å². The molecule has 0 unspecified atom stereocenters. The molecule has 0 saturated heterocycles. The summed E-state index contributed by atoms with van der Waals surface area (Å²) in [5.74, 6) is 1.49. The minimum absolute atomic E-state index is 0.0127. The second-order valence-electron chi connectivity index (χ2n) is 7.40. The third-order valence-electron chi connectivity index (χ3n) is 4.98. The van der Waals surface area contributed by atoms with Crippen LogP contribution in [0.3, 0.4) is 0 Å². The first kappa shape index (κ1) is 19.1. The Balaban J connectivity index is 1.35. The molecule has 1 fully saturated rings. The molecule has 4 rings (SSSR count). The molecule has 1 amide bonds. The summed E-state index contributed by atoms with van der Waals surface area (Å²) in [5.41, 5.74) is 1.23. The van der Waals surface area contributed by atoms with Gasteiger partial charge in [-0.15, -0.1) is 0 Å². The van der Waals surface area contributed by atoms with Crippen LogP contribution in [0.5, 0.6) is 0 Å². The molecule has 1 aromatic carbocycles. The van der Waals surface area contributed by atoms with Gasteiger partial charge in [-0.3, -0.25) is 4.79 Å². The molecule has 29 heavy (non-hydrogen) atoms. The summed E-state index contributed by atoms with van der Waals surface area (Å²) >= 11 is 0. The number of nitrogens with one attached hydrogen (secondary N) is 1. The number of hydrogen-bond donors (Lipinski definition) is 1. The fourth-order valence-electron chi connectivity index (χ4n) is 3.27. The van der Waals surface area contributed by atoms with Gasteiger partial charge in [0.15, 0.2) is 5.82 Å². The van der Waals surface area contributed by atoms with Crippen LogP contribution >= 0.6 is 0 Å². The van der Waals surface area contributed by atoms with E-state index in [0.29, 0.717) is 35.4 Å². The van der Waals surface area contributed by atoms with Gasteiger partial charge >= 0.3 is 5.63 Å². The Morgan fingerprint density at radius 2 is 2.00 bits per heavy atom. The number of hydrogen-bond acceptors (Lipinski definition) is 6. The minimum atomic E-state index is -0.624. The van der Waals surface area contributed by atoms with E-state index in [-0.39, 0.29) is 12.1 Å². The van der Waals surface area contributed by atoms with Crippen molar-refractivity contribution in [2.45, 2.75) is 51.5 Å². The normalized spacial score (nSPS) is 13.4. The highest BCUT2D eigenvalue weighted by atomic mass is 16.5. The number of aromatic nitrogens is 2. The van der Waals surface area contributed by atoms with Crippen molar-refractivity contribution in [2.24, 2.45) is 0 Å². The lowest BCUT2D eigenvalue weighted by Crippen LogP contribution is -2.29. The van der Waals surface area contributed by atoms with Crippen molar-refractivity contribution in [3.05, 3.63) is 81.0 Å². The van der Waals surface area contributed by atoms with Crippen LogP contribution in [-0.2, 0) is 19.4 Å². The van der Waals surface area contributed by atoms with E-state index >= 15 is 0 Å². The van der Waals surface area contributed by atoms with Gasteiger partial charge in [-0.1, -0.05) is 35.5 Å². The van der Waals surface area contributed by atoms with Gasteiger partial charge in [-0.2, -0.15) is 4.98 Å². The van der Waals surface area contributed by atoms with Crippen molar-refractivity contribution >= 4 is 5.91 Å². The smallest absolute Gasteiger partial charge is 0.349 e. The third-order valence-corrected chi connectivity index (χ3v) is 4.98. The maximum absolute atomic E-state index is 12.5. The molecule has 0 atom stereocenters. The van der Waals surface area contributed by atoms with Crippen LogP contribution in [0.15, 0.2) is 50.1 Å². The molecule has 0 spiro atoms. The van der Waals surface area contributed by atoms with Gasteiger partial charge in [0.25, 0.3) is 5.91 Å². The quantitative estimate of drug-likeness (QED) is 0.630. The predicted molar refractivity (Wildman–Crippen MR) is 106 cm³/mol. The molecule has 150 valence electrons. The third kappa shape index (κ3) is 4.80. The summed E-state index contributed by atoms with van der Waals surface area (Å²) in [6, 6.07) is 11.9. The van der Waals surface area contributed by atoms with E-state index in [9.17, 15) is 9.59 Å². The zero-order valence-electron chi connectivity index (χ0n) is 16.3. The Bertz CT molecular complexity index is 1050. The standard InChI is InChI=1S/C22H23N3O4/c1-14-12-17(9-5-8-15-6-3-2-4-7-15)28-22(27)19(14)21(26)23-13-18-24-20(25-29-18)16-10-11-16/h2-4,6-7,12,16H,5,8-11,13H2,1H3,(H,23,26). The summed E-state index contributed by atoms with van der Waals surface area (Å²) in [5, 5.41) is 6.57. The van der Waals surface area contributed by atoms with Crippen molar-refractivity contribution < 1.29 is 13.7 Å². The summed E-state index contributed by atoms with van der Waals surface area (Å²) in [7, 11) is 0. The number of amides is 1. The second kappa shape index (κ2) is 8.43. The molecule has 2 heterocycles. The number of nitrogens with zero attached hydrogens (tertiary/aromatic N) is 2. The van der Waals surface area contributed by atoms with Gasteiger partial charge in [0.1, 0.15) is 11.3 Å². The average Bonchev–Trinajstić information content (AvgIpc) is 3.45. The molecular weight excluding hydrogens is 370 g/mol. The van der Waals surface area contributed by atoms with E-state index in [0.717, 1.165) is 25.7 Å². The van der Waals surface area contributed by atoms with E-state index in [4.69, 9.17) is 8.94 Å². The minimum Gasteiger partial charge on any atom is -0.427 e. The van der Waals surface area contributed by atoms with Gasteiger partial charge in [-0.25, -0.2) is 4.79 Å². The van der Waals surface area contributed by atoms with Crippen LogP contribution in [0.1, 0.15) is 64.1 Å². The Morgan fingerprint density at radius 3 is 2.72 bits per heavy atom. The molecule has 3 aromatic rings. The molecule has 2 aromatic heterocycles. The van der Waals surface area contributed by atoms with Gasteiger partial charge in [0.2, 0.25) is 5.89 Å². The highest BCUT2D eigenvalue weighted by Crippen LogP contribution is 2.38. The van der Waals surface area contributed by atoms with Crippen molar-refractivity contribution in [3.8, 4) is 0 Å². The Labute approximate surface area is 168 Å². The fraction of sp³-hybridized carbons (Fsp3) is 0.364. The van der Waals surface area contributed by atoms with Crippen LogP contribution in [0.4, 0.5) is 0 Å². The molecule has 1 aliphatic rings. The number of carbonyl (C=O) groups excluding carboxylic acids is 1. The SMILES string of the molecule is Cc1cc(CCCc2ccccc2)oc(=O)c1C(=O)NCc1nc(C2CC2)no1. The largest absolute Gasteiger partial charge is 0.427 e. The molecule has 0 bridgehead atoms. The van der Waals surface area contributed by atoms with Crippen molar-refractivity contribution in [2.75, 3.05) is 0 Å². The van der Waals surface area contributed by atoms with Crippen LogP contribution in [0.2, 0.25) is 0 Å². The highest BCUT2D eigenvalue weighted by molar-refractivity contribution is 5.94. The highest BCUT2D eigenvalue weighted by Gasteiger charge is 2.28. The molecular formula is C22H23N3O4. The summed E-state index contributed by atoms with van der Waals surface area (Å²) in [4.78, 5) is 29.1. The van der Waals surface area contributed by atoms with E-state index in [2.05, 4.69) is 27.6 Å². The Morgan fingerprint density at radius 1 is 1.21 bits per heavy atom. The Hall–Kier alpha value is -3.22. The lowest BCUT2D eigenvalue weighted by Gasteiger charge is -2.07. The van der Waals surface area contributed by atoms with Crippen LogP contribution in [-0.4, -0.2) is 16.0 Å². The molecule has 1 aliphatic carbocycles. The molecule has 0 radical (unpaired) electrons. The van der Waals surface area contributed by atoms with Gasteiger partial charge < -0.3 is 14.3 Å². The first-order valence-electron chi connectivity index (χ1n) is 9.88. The van der Waals surface area contributed by atoms with Gasteiger partial charge in [0.05, 0.1) is 6.54 Å². The summed E-state index contributed by atoms with van der Waals surface area (Å²) in [6.07, 6.45) is 4.54. The first-order valence-corrected chi connectivity index (χ1v) is 9.88. The molecule has 0 aliphatic heterocycles. The lowest BCUT2D eigenvalue weighted by atomic mass is 10.1. The average molecular weight is 393 g/mol. The number of carbonyl (C=O) groups is 1. The molecule has 1 saturated carbocycles. The summed E-state index contributed by atoms with van der Waals surface area (Å²) in [6.45, 7) is 1.82. The van der Waals surface area contributed by atoms with Crippen LogP contribution in [0, 0.1) is 6.92 Å². The van der Waals surface area contributed by atoms with Crippen molar-refractivity contribution in [3.63, 3.8) is 0 Å². The number of benzene rings is 1. The van der Waals surface area contributed by atoms with E-state index < -0.39 is 11.5 Å². The monoisotopic (exact) mass is 393 g/mol. The van der Waals surface area contributed by atoms with Crippen LogP contribution in [0.25, 0.3) is 0 Å². The number of aryl methyl sites for hydroxylation is 3. The molecule has 1 N–H and O–H groups in total. The maximum Gasteiger partial charge on any atom is 0.349 e. The number of rotatable bonds is 8. The maximum atomic E-state index is 12.5. The molecule has 7 nitrogen and oxygen atoms in total. The van der Waals surface area contributed by atoms with Gasteiger partial charge in [0, 0.05) is 12.3 Å². The fourth-order valence-corrected chi connectivity index (χ4v) is 3.27. The van der Waals surface area contributed by atoms with Crippen molar-refractivity contribution in [1.29, 1.82) is 0 Å². The first-order chi connectivity index (χ1) is 14.1. The van der Waals surface area contributed by atoms with Crippen molar-refractivity contribution in [1.82, 2.24) is 15.5 Å². The second-order valence-corrected chi connectivity index (χ2v) is 7.40. The zero-order valence-corrected chi connectivity index (χ0v) is 16.3. The topological polar surface area (TPSA) is 98.2 Å². The predicted octanol–water partition coefficient (Wildman–Crippen LogP) is 3.31. The van der Waals surface area contributed by atoms with E-state index in [1.54, 1.807) is 13.0 Å². The molecule has 7 heteroatoms. The zero-order chi connectivity index (χ0) is 20.2. The summed E-state index contributed by atoms with van der Waals surface area (Å²) < 4.78 is 10.5. The lowest BCUT2D eigenvalue weighted by molar-refractivity contribution is 0.0941.